The molecular weight excluding hydrogens is 304 g/mol. The molecule has 1 atom stereocenters. The zero-order chi connectivity index (χ0) is 17.1. The second-order valence-corrected chi connectivity index (χ2v) is 6.33. The van der Waals surface area contributed by atoms with Gasteiger partial charge in [0, 0.05) is 64.4 Å². The topological polar surface area (TPSA) is 59.2 Å². The molecule has 130 valence electrons. The molecule has 24 heavy (non-hydrogen) atoms. The van der Waals surface area contributed by atoms with Gasteiger partial charge in [-0.15, -0.1) is 0 Å². The zero-order valence-electron chi connectivity index (χ0n) is 14.7. The Morgan fingerprint density at radius 1 is 1.29 bits per heavy atom. The summed E-state index contributed by atoms with van der Waals surface area (Å²) in [5, 5.41) is 4.16. The summed E-state index contributed by atoms with van der Waals surface area (Å²) < 4.78 is 3.88. The number of aromatic nitrogens is 4. The van der Waals surface area contributed by atoms with Crippen LogP contribution in [0.4, 0.5) is 0 Å². The molecule has 0 aliphatic carbocycles. The highest BCUT2D eigenvalue weighted by molar-refractivity contribution is 5.76. The molecule has 1 aliphatic heterocycles. The maximum atomic E-state index is 12.7. The van der Waals surface area contributed by atoms with E-state index in [1.54, 1.807) is 6.20 Å². The molecule has 0 N–H and O–H groups in total. The van der Waals surface area contributed by atoms with Crippen LogP contribution >= 0.6 is 0 Å². The van der Waals surface area contributed by atoms with Gasteiger partial charge in [-0.3, -0.25) is 14.4 Å². The maximum Gasteiger partial charge on any atom is 0.223 e. The predicted molar refractivity (Wildman–Crippen MR) is 91.3 cm³/mol. The summed E-state index contributed by atoms with van der Waals surface area (Å²) in [5.41, 5.74) is 1.09. The molecule has 0 radical (unpaired) electrons. The molecule has 1 aliphatic rings. The number of hydrogen-bond acceptors (Lipinski definition) is 4. The highest BCUT2D eigenvalue weighted by Gasteiger charge is 2.31. The predicted octanol–water partition coefficient (Wildman–Crippen LogP) is 0.992. The van der Waals surface area contributed by atoms with Gasteiger partial charge in [0.2, 0.25) is 5.91 Å². The Balaban J connectivity index is 1.65. The van der Waals surface area contributed by atoms with E-state index in [-0.39, 0.29) is 11.9 Å². The Kier molecular flexibility index (Phi) is 4.99. The summed E-state index contributed by atoms with van der Waals surface area (Å²) in [4.78, 5) is 21.5. The van der Waals surface area contributed by atoms with E-state index >= 15 is 0 Å². The maximum absolute atomic E-state index is 12.7. The molecule has 7 nitrogen and oxygen atoms in total. The van der Waals surface area contributed by atoms with Gasteiger partial charge in [0.15, 0.2) is 0 Å². The summed E-state index contributed by atoms with van der Waals surface area (Å²) in [5.74, 6) is 1.24. The summed E-state index contributed by atoms with van der Waals surface area (Å²) in [6, 6.07) is 2.14. The molecule has 1 amide bonds. The van der Waals surface area contributed by atoms with Gasteiger partial charge >= 0.3 is 0 Å². The van der Waals surface area contributed by atoms with Crippen molar-refractivity contribution < 1.29 is 4.79 Å². The molecule has 2 aromatic rings. The van der Waals surface area contributed by atoms with Crippen molar-refractivity contribution in [1.82, 2.24) is 29.1 Å². The smallest absolute Gasteiger partial charge is 0.223 e. The van der Waals surface area contributed by atoms with Crippen LogP contribution in [0.1, 0.15) is 30.9 Å². The third-order valence-corrected chi connectivity index (χ3v) is 4.92. The van der Waals surface area contributed by atoms with Crippen molar-refractivity contribution in [3.63, 3.8) is 0 Å². The first kappa shape index (κ1) is 16.7. The molecule has 0 saturated carbocycles. The molecule has 3 rings (SSSR count). The number of amides is 1. The van der Waals surface area contributed by atoms with Gasteiger partial charge in [0.05, 0.1) is 6.04 Å². The minimum atomic E-state index is 0.171. The molecule has 0 aromatic carbocycles. The van der Waals surface area contributed by atoms with E-state index in [4.69, 9.17) is 0 Å². The van der Waals surface area contributed by atoms with Crippen LogP contribution in [0.25, 0.3) is 0 Å². The number of aryl methyl sites for hydroxylation is 3. The van der Waals surface area contributed by atoms with Crippen molar-refractivity contribution in [3.8, 4) is 0 Å². The van der Waals surface area contributed by atoms with Crippen LogP contribution in [0.2, 0.25) is 0 Å². The second-order valence-electron chi connectivity index (χ2n) is 6.33. The number of piperazine rings is 1. The standard InChI is InChI=1S/C17H26N6O/c1-4-22-11-12-23(13-15(22)17-18-9-10-20(17)2)16(24)6-5-14-7-8-19-21(14)3/h7-10,15H,4-6,11-13H2,1-3H3. The fourth-order valence-corrected chi connectivity index (χ4v) is 3.41. The minimum absolute atomic E-state index is 0.171. The third kappa shape index (κ3) is 3.36. The lowest BCUT2D eigenvalue weighted by molar-refractivity contribution is -0.134. The average Bonchev–Trinajstić information content (AvgIpc) is 3.20. The molecule has 1 unspecified atom stereocenters. The molecular formula is C17H26N6O. The van der Waals surface area contributed by atoms with Gasteiger partial charge in [0.1, 0.15) is 5.82 Å². The zero-order valence-corrected chi connectivity index (χ0v) is 14.7. The molecule has 1 saturated heterocycles. The number of imidazole rings is 1. The molecule has 0 spiro atoms. The van der Waals surface area contributed by atoms with Crippen molar-refractivity contribution in [2.45, 2.75) is 25.8 Å². The molecule has 3 heterocycles. The number of carbonyl (C=O) groups excluding carboxylic acids is 1. The molecule has 7 heteroatoms. The van der Waals surface area contributed by atoms with Crippen LogP contribution in [0.15, 0.2) is 24.7 Å². The van der Waals surface area contributed by atoms with E-state index in [9.17, 15) is 4.79 Å². The summed E-state index contributed by atoms with van der Waals surface area (Å²) in [6.45, 7) is 5.53. The van der Waals surface area contributed by atoms with Gasteiger partial charge in [-0.2, -0.15) is 5.10 Å². The number of rotatable bonds is 5. The van der Waals surface area contributed by atoms with Crippen LogP contribution in [0.5, 0.6) is 0 Å². The average molecular weight is 330 g/mol. The van der Waals surface area contributed by atoms with Crippen molar-refractivity contribution in [2.24, 2.45) is 14.1 Å². The highest BCUT2D eigenvalue weighted by Crippen LogP contribution is 2.24. The largest absolute Gasteiger partial charge is 0.339 e. The van der Waals surface area contributed by atoms with Gasteiger partial charge in [-0.25, -0.2) is 4.98 Å². The third-order valence-electron chi connectivity index (χ3n) is 4.92. The summed E-state index contributed by atoms with van der Waals surface area (Å²) in [6.07, 6.45) is 6.82. The van der Waals surface area contributed by atoms with Gasteiger partial charge in [0.25, 0.3) is 0 Å². The van der Waals surface area contributed by atoms with E-state index < -0.39 is 0 Å². The molecule has 1 fully saturated rings. The lowest BCUT2D eigenvalue weighted by Gasteiger charge is -2.40. The van der Waals surface area contributed by atoms with Gasteiger partial charge in [-0.05, 0) is 19.0 Å². The number of nitrogens with zero attached hydrogens (tertiary/aromatic N) is 6. The summed E-state index contributed by atoms with van der Waals surface area (Å²) >= 11 is 0. The Bertz CT molecular complexity index is 691. The van der Waals surface area contributed by atoms with Gasteiger partial charge in [-0.1, -0.05) is 6.92 Å². The van der Waals surface area contributed by atoms with Crippen LogP contribution in [-0.2, 0) is 25.3 Å². The van der Waals surface area contributed by atoms with Crippen LogP contribution < -0.4 is 0 Å². The molecule has 0 bridgehead atoms. The van der Waals surface area contributed by atoms with Crippen LogP contribution in [-0.4, -0.2) is 61.2 Å². The quantitative estimate of drug-likeness (QED) is 0.820. The lowest BCUT2D eigenvalue weighted by atomic mass is 10.1. The number of hydrogen-bond donors (Lipinski definition) is 0. The Morgan fingerprint density at radius 2 is 2.12 bits per heavy atom. The number of carbonyl (C=O) groups is 1. The first-order valence-corrected chi connectivity index (χ1v) is 8.56. The van der Waals surface area contributed by atoms with E-state index in [1.807, 2.05) is 42.1 Å². The first-order chi connectivity index (χ1) is 11.6. The van der Waals surface area contributed by atoms with E-state index in [0.717, 1.165) is 37.6 Å². The van der Waals surface area contributed by atoms with E-state index in [0.29, 0.717) is 13.0 Å². The number of likely N-dealkylation sites (N-methyl/N-ethyl adjacent to an activating group) is 1. The highest BCUT2D eigenvalue weighted by atomic mass is 16.2. The fraction of sp³-hybridized carbons (Fsp3) is 0.588. The second kappa shape index (κ2) is 7.17. The first-order valence-electron chi connectivity index (χ1n) is 8.56. The Hall–Kier alpha value is -2.15. The SMILES string of the molecule is CCN1CCN(C(=O)CCc2ccnn2C)CC1c1nccn1C. The fourth-order valence-electron chi connectivity index (χ4n) is 3.41. The minimum Gasteiger partial charge on any atom is -0.339 e. The lowest BCUT2D eigenvalue weighted by Crippen LogP contribution is -2.51. The van der Waals surface area contributed by atoms with E-state index in [2.05, 4.69) is 26.5 Å². The summed E-state index contributed by atoms with van der Waals surface area (Å²) in [7, 11) is 3.93. The monoisotopic (exact) mass is 330 g/mol. The van der Waals surface area contributed by atoms with Crippen molar-refractivity contribution in [3.05, 3.63) is 36.2 Å². The normalized spacial score (nSPS) is 19.0. The van der Waals surface area contributed by atoms with Crippen molar-refractivity contribution in [2.75, 3.05) is 26.2 Å². The van der Waals surface area contributed by atoms with E-state index in [1.165, 1.54) is 0 Å². The van der Waals surface area contributed by atoms with Crippen molar-refractivity contribution in [1.29, 1.82) is 0 Å². The molecule has 2 aromatic heterocycles. The van der Waals surface area contributed by atoms with Gasteiger partial charge < -0.3 is 9.47 Å². The Morgan fingerprint density at radius 3 is 2.75 bits per heavy atom. The van der Waals surface area contributed by atoms with Crippen LogP contribution in [0.3, 0.4) is 0 Å². The Labute approximate surface area is 142 Å². The van der Waals surface area contributed by atoms with Crippen LogP contribution in [0, 0.1) is 0 Å². The van der Waals surface area contributed by atoms with Crippen molar-refractivity contribution >= 4 is 5.91 Å².